The van der Waals surface area contributed by atoms with Gasteiger partial charge in [0.25, 0.3) is 0 Å². The molecule has 3 atom stereocenters. The summed E-state index contributed by atoms with van der Waals surface area (Å²) in [6.45, 7) is 7.41. The maximum atomic E-state index is 12.3. The Morgan fingerprint density at radius 3 is 2.39 bits per heavy atom. The van der Waals surface area contributed by atoms with Crippen molar-refractivity contribution in [3.63, 3.8) is 0 Å². The predicted octanol–water partition coefficient (Wildman–Crippen LogP) is 3.58. The molecule has 0 radical (unpaired) electrons. The molecule has 0 aliphatic rings. The minimum Gasteiger partial charge on any atom is -0.313 e. The number of halogens is 1. The van der Waals surface area contributed by atoms with Gasteiger partial charge in [0, 0.05) is 21.2 Å². The number of hydrogen-bond acceptors (Lipinski definition) is 2. The molecule has 3 unspecified atom stereocenters. The quantitative estimate of drug-likeness (QED) is 0.827. The average molecular weight is 332 g/mol. The van der Waals surface area contributed by atoms with Crippen molar-refractivity contribution in [2.24, 2.45) is 5.92 Å². The van der Waals surface area contributed by atoms with Crippen molar-refractivity contribution in [1.29, 1.82) is 0 Å². The summed E-state index contributed by atoms with van der Waals surface area (Å²) < 4.78 is 13.3. The number of hydrogen-bond donors (Lipinski definition) is 1. The van der Waals surface area contributed by atoms with Gasteiger partial charge < -0.3 is 5.32 Å². The van der Waals surface area contributed by atoms with Crippen LogP contribution in [0.15, 0.2) is 33.6 Å². The molecule has 0 bridgehead atoms. The van der Waals surface area contributed by atoms with E-state index in [1.807, 2.05) is 24.3 Å². The predicted molar refractivity (Wildman–Crippen MR) is 82.3 cm³/mol. The van der Waals surface area contributed by atoms with E-state index in [2.05, 4.69) is 42.0 Å². The molecule has 0 saturated carbocycles. The molecule has 102 valence electrons. The SMILES string of the molecule is CCNC(CS(=O)c1ccc(Br)cc1)C(C)CC. The fourth-order valence-corrected chi connectivity index (χ4v) is 3.49. The van der Waals surface area contributed by atoms with E-state index in [9.17, 15) is 4.21 Å². The topological polar surface area (TPSA) is 29.1 Å². The van der Waals surface area contributed by atoms with Crippen LogP contribution < -0.4 is 5.32 Å². The highest BCUT2D eigenvalue weighted by atomic mass is 79.9. The normalized spacial score (nSPS) is 16.2. The molecule has 1 N–H and O–H groups in total. The van der Waals surface area contributed by atoms with E-state index in [4.69, 9.17) is 0 Å². The van der Waals surface area contributed by atoms with E-state index in [1.54, 1.807) is 0 Å². The summed E-state index contributed by atoms with van der Waals surface area (Å²) in [5, 5.41) is 3.44. The van der Waals surface area contributed by atoms with Crippen LogP contribution >= 0.6 is 15.9 Å². The van der Waals surface area contributed by atoms with E-state index in [1.165, 1.54) is 0 Å². The third-order valence-electron chi connectivity index (χ3n) is 3.20. The molecule has 0 heterocycles. The summed E-state index contributed by atoms with van der Waals surface area (Å²) in [6, 6.07) is 8.07. The Balaban J connectivity index is 2.68. The fraction of sp³-hybridized carbons (Fsp3) is 0.571. The van der Waals surface area contributed by atoms with Gasteiger partial charge in [-0.05, 0) is 36.7 Å². The fourth-order valence-electron chi connectivity index (χ4n) is 1.82. The summed E-state index contributed by atoms with van der Waals surface area (Å²) >= 11 is 3.39. The van der Waals surface area contributed by atoms with Crippen LogP contribution in [-0.2, 0) is 10.8 Å². The molecule has 0 fully saturated rings. The van der Waals surface area contributed by atoms with Gasteiger partial charge in [0.05, 0.1) is 10.8 Å². The van der Waals surface area contributed by atoms with Crippen molar-refractivity contribution in [3.8, 4) is 0 Å². The van der Waals surface area contributed by atoms with E-state index in [-0.39, 0.29) is 0 Å². The highest BCUT2D eigenvalue weighted by molar-refractivity contribution is 9.10. The first-order chi connectivity index (χ1) is 8.58. The highest BCUT2D eigenvalue weighted by Crippen LogP contribution is 2.16. The van der Waals surface area contributed by atoms with Crippen LogP contribution in [0.1, 0.15) is 27.2 Å². The molecule has 0 aliphatic carbocycles. The molecule has 0 spiro atoms. The Morgan fingerprint density at radius 1 is 1.28 bits per heavy atom. The molecule has 0 saturated heterocycles. The van der Waals surface area contributed by atoms with Crippen LogP contribution in [0.3, 0.4) is 0 Å². The van der Waals surface area contributed by atoms with Gasteiger partial charge in [0.1, 0.15) is 0 Å². The van der Waals surface area contributed by atoms with Gasteiger partial charge in [-0.2, -0.15) is 0 Å². The zero-order chi connectivity index (χ0) is 13.5. The molecule has 4 heteroatoms. The minimum absolute atomic E-state index is 0.324. The van der Waals surface area contributed by atoms with Gasteiger partial charge in [0.15, 0.2) is 0 Å². The summed E-state index contributed by atoms with van der Waals surface area (Å²) in [6.07, 6.45) is 1.11. The van der Waals surface area contributed by atoms with Gasteiger partial charge in [-0.15, -0.1) is 0 Å². The Hall–Kier alpha value is -0.190. The van der Waals surface area contributed by atoms with E-state index in [0.29, 0.717) is 17.7 Å². The van der Waals surface area contributed by atoms with Crippen LogP contribution in [0, 0.1) is 5.92 Å². The summed E-state index contributed by atoms with van der Waals surface area (Å²) in [5.74, 6) is 1.23. The first-order valence-corrected chi connectivity index (χ1v) is 8.57. The van der Waals surface area contributed by atoms with Crippen molar-refractivity contribution in [3.05, 3.63) is 28.7 Å². The maximum absolute atomic E-state index is 12.3. The van der Waals surface area contributed by atoms with Gasteiger partial charge in [-0.3, -0.25) is 4.21 Å². The van der Waals surface area contributed by atoms with Crippen LogP contribution in [0.5, 0.6) is 0 Å². The Morgan fingerprint density at radius 2 is 1.89 bits per heavy atom. The second-order valence-electron chi connectivity index (χ2n) is 4.52. The van der Waals surface area contributed by atoms with Gasteiger partial charge >= 0.3 is 0 Å². The first-order valence-electron chi connectivity index (χ1n) is 6.45. The lowest BCUT2D eigenvalue weighted by Gasteiger charge is -2.23. The zero-order valence-corrected chi connectivity index (χ0v) is 13.7. The number of benzene rings is 1. The minimum atomic E-state index is -0.929. The Bertz CT molecular complexity index is 380. The monoisotopic (exact) mass is 331 g/mol. The molecule has 2 nitrogen and oxygen atoms in total. The molecule has 0 amide bonds. The molecule has 0 aliphatic heterocycles. The highest BCUT2D eigenvalue weighted by Gasteiger charge is 2.18. The maximum Gasteiger partial charge on any atom is 0.0545 e. The van der Waals surface area contributed by atoms with E-state index in [0.717, 1.165) is 22.3 Å². The summed E-state index contributed by atoms with van der Waals surface area (Å²) in [5.41, 5.74) is 0. The Labute approximate surface area is 121 Å². The molecular formula is C14H22BrNOS. The lowest BCUT2D eigenvalue weighted by molar-refractivity contribution is 0.401. The largest absolute Gasteiger partial charge is 0.313 e. The van der Waals surface area contributed by atoms with Crippen LogP contribution in [0.25, 0.3) is 0 Å². The second-order valence-corrected chi connectivity index (χ2v) is 6.93. The van der Waals surface area contributed by atoms with Crippen molar-refractivity contribution >= 4 is 26.7 Å². The molecule has 1 rings (SSSR count). The molecular weight excluding hydrogens is 310 g/mol. The van der Waals surface area contributed by atoms with Crippen molar-refractivity contribution < 1.29 is 4.21 Å². The van der Waals surface area contributed by atoms with Crippen LogP contribution in [-0.4, -0.2) is 22.5 Å². The third-order valence-corrected chi connectivity index (χ3v) is 5.19. The molecule has 0 aromatic heterocycles. The van der Waals surface area contributed by atoms with Crippen LogP contribution in [0.2, 0.25) is 0 Å². The molecule has 18 heavy (non-hydrogen) atoms. The average Bonchev–Trinajstić information content (AvgIpc) is 2.38. The summed E-state index contributed by atoms with van der Waals surface area (Å²) in [7, 11) is -0.929. The second kappa shape index (κ2) is 8.08. The standard InChI is InChI=1S/C14H22BrNOS/c1-4-11(3)14(16-5-2)10-18(17)13-8-6-12(15)7-9-13/h6-9,11,14,16H,4-5,10H2,1-3H3. The van der Waals surface area contributed by atoms with E-state index < -0.39 is 10.8 Å². The van der Waals surface area contributed by atoms with Crippen molar-refractivity contribution in [2.75, 3.05) is 12.3 Å². The van der Waals surface area contributed by atoms with Gasteiger partial charge in [0.2, 0.25) is 0 Å². The lowest BCUT2D eigenvalue weighted by Crippen LogP contribution is -2.39. The first kappa shape index (κ1) is 15.9. The van der Waals surface area contributed by atoms with E-state index >= 15 is 0 Å². The van der Waals surface area contributed by atoms with Crippen LogP contribution in [0.4, 0.5) is 0 Å². The van der Waals surface area contributed by atoms with Gasteiger partial charge in [-0.25, -0.2) is 0 Å². The third kappa shape index (κ3) is 4.82. The number of rotatable bonds is 7. The van der Waals surface area contributed by atoms with Gasteiger partial charge in [-0.1, -0.05) is 43.1 Å². The van der Waals surface area contributed by atoms with Crippen molar-refractivity contribution in [1.82, 2.24) is 5.32 Å². The Kier molecular flexibility index (Phi) is 7.12. The lowest BCUT2D eigenvalue weighted by atomic mass is 10.0. The zero-order valence-electron chi connectivity index (χ0n) is 11.3. The summed E-state index contributed by atoms with van der Waals surface area (Å²) in [4.78, 5) is 0.907. The molecule has 1 aromatic carbocycles. The smallest absolute Gasteiger partial charge is 0.0545 e. The number of nitrogens with one attached hydrogen (secondary N) is 1. The molecule has 1 aromatic rings. The van der Waals surface area contributed by atoms with Crippen molar-refractivity contribution in [2.45, 2.75) is 38.1 Å².